The molecular weight excluding hydrogens is 256 g/mol. The van der Waals surface area contributed by atoms with Crippen molar-refractivity contribution in [3.63, 3.8) is 0 Å². The first-order chi connectivity index (χ1) is 9.83. The van der Waals surface area contributed by atoms with Gasteiger partial charge in [-0.15, -0.1) is 0 Å². The van der Waals surface area contributed by atoms with Crippen LogP contribution in [0.25, 0.3) is 0 Å². The smallest absolute Gasteiger partial charge is 0.0277 e. The maximum atomic E-state index is 2.91. The minimum absolute atomic E-state index is 0.485. The van der Waals surface area contributed by atoms with Crippen molar-refractivity contribution >= 4 is 0 Å². The van der Waals surface area contributed by atoms with E-state index in [1.165, 1.54) is 51.7 Å². The van der Waals surface area contributed by atoms with Crippen LogP contribution in [0.2, 0.25) is 0 Å². The maximum absolute atomic E-state index is 2.91. The van der Waals surface area contributed by atoms with E-state index in [2.05, 4.69) is 51.5 Å². The molecule has 2 bridgehead atoms. The zero-order valence-corrected chi connectivity index (χ0v) is 15.4. The summed E-state index contributed by atoms with van der Waals surface area (Å²) in [6.07, 6.45) is 6.93. The zero-order valence-electron chi connectivity index (χ0n) is 15.4. The van der Waals surface area contributed by atoms with Crippen molar-refractivity contribution in [2.24, 2.45) is 17.3 Å². The van der Waals surface area contributed by atoms with Gasteiger partial charge in [-0.2, -0.15) is 0 Å². The third kappa shape index (κ3) is 4.22. The molecule has 0 aliphatic carbocycles. The van der Waals surface area contributed by atoms with Gasteiger partial charge < -0.3 is 4.90 Å². The van der Waals surface area contributed by atoms with E-state index in [9.17, 15) is 0 Å². The van der Waals surface area contributed by atoms with E-state index in [1.807, 2.05) is 0 Å². The van der Waals surface area contributed by atoms with Gasteiger partial charge in [0.1, 0.15) is 0 Å². The van der Waals surface area contributed by atoms with Gasteiger partial charge in [0, 0.05) is 31.7 Å². The van der Waals surface area contributed by atoms with Crippen LogP contribution in [0, 0.1) is 17.3 Å². The molecule has 3 heterocycles. The van der Waals surface area contributed by atoms with Gasteiger partial charge in [-0.3, -0.25) is 4.90 Å². The number of piperidine rings is 1. The lowest BCUT2D eigenvalue weighted by Crippen LogP contribution is -2.57. The van der Waals surface area contributed by atoms with Crippen LogP contribution >= 0.6 is 0 Å². The Morgan fingerprint density at radius 3 is 2.43 bits per heavy atom. The lowest BCUT2D eigenvalue weighted by Gasteiger charge is -2.50. The number of nitrogens with zero attached hydrogens (tertiary/aromatic N) is 2. The number of rotatable bonds is 6. The summed E-state index contributed by atoms with van der Waals surface area (Å²) in [5, 5.41) is 0. The van der Waals surface area contributed by atoms with E-state index >= 15 is 0 Å². The molecule has 2 heteroatoms. The predicted octanol–water partition coefficient (Wildman–Crippen LogP) is 4.25. The Hall–Kier alpha value is -0.0800. The van der Waals surface area contributed by atoms with Gasteiger partial charge >= 0.3 is 0 Å². The van der Waals surface area contributed by atoms with Gasteiger partial charge in [-0.25, -0.2) is 0 Å². The molecule has 3 unspecified atom stereocenters. The van der Waals surface area contributed by atoms with Crippen LogP contribution in [0.4, 0.5) is 0 Å². The van der Waals surface area contributed by atoms with Gasteiger partial charge in [0.15, 0.2) is 0 Å². The molecule has 2 nitrogen and oxygen atoms in total. The second-order valence-corrected chi connectivity index (χ2v) is 8.88. The topological polar surface area (TPSA) is 6.48 Å². The normalized spacial score (nSPS) is 31.6. The van der Waals surface area contributed by atoms with E-state index in [4.69, 9.17) is 0 Å². The van der Waals surface area contributed by atoms with Crippen molar-refractivity contribution < 1.29 is 0 Å². The molecule has 21 heavy (non-hydrogen) atoms. The summed E-state index contributed by atoms with van der Waals surface area (Å²) >= 11 is 0. The Kier molecular flexibility index (Phi) is 5.76. The standard InChI is InChI=1S/C19H38N2/c1-7-17(10-8-9-15(2)3)21-13-16-11-19(4,5)18(21)14-20(6)12-16/h15-18H,7-14H2,1-6H3. The van der Waals surface area contributed by atoms with Crippen molar-refractivity contribution in [1.82, 2.24) is 9.80 Å². The van der Waals surface area contributed by atoms with E-state index in [0.717, 1.165) is 23.9 Å². The Morgan fingerprint density at radius 1 is 1.10 bits per heavy atom. The Labute approximate surface area is 133 Å². The summed E-state index contributed by atoms with van der Waals surface area (Å²) in [4.78, 5) is 5.50. The fourth-order valence-electron chi connectivity index (χ4n) is 4.87. The van der Waals surface area contributed by atoms with Crippen LogP contribution in [0.15, 0.2) is 0 Å². The van der Waals surface area contributed by atoms with E-state index in [-0.39, 0.29) is 0 Å². The van der Waals surface area contributed by atoms with Gasteiger partial charge in [0.25, 0.3) is 0 Å². The summed E-state index contributed by atoms with van der Waals surface area (Å²) in [6, 6.07) is 1.56. The molecule has 0 aromatic rings. The van der Waals surface area contributed by atoms with Gasteiger partial charge in [-0.1, -0.05) is 47.5 Å². The number of hydrogen-bond acceptors (Lipinski definition) is 2. The lowest BCUT2D eigenvalue weighted by atomic mass is 9.72. The van der Waals surface area contributed by atoms with Crippen molar-refractivity contribution in [3.8, 4) is 0 Å². The maximum Gasteiger partial charge on any atom is 0.0277 e. The van der Waals surface area contributed by atoms with Gasteiger partial charge in [0.2, 0.25) is 0 Å². The molecule has 0 N–H and O–H groups in total. The SMILES string of the molecule is CCC(CCCC(C)C)N1CC2CN(C)CC1C(C)(C)C2. The zero-order chi connectivity index (χ0) is 15.6. The molecule has 3 aliphatic heterocycles. The molecule has 0 saturated carbocycles. The first-order valence-electron chi connectivity index (χ1n) is 9.27. The molecule has 3 fully saturated rings. The molecule has 0 aromatic carbocycles. The Morgan fingerprint density at radius 2 is 1.81 bits per heavy atom. The van der Waals surface area contributed by atoms with Crippen molar-refractivity contribution in [2.75, 3.05) is 26.7 Å². The summed E-state index contributed by atoms with van der Waals surface area (Å²) in [6.45, 7) is 16.0. The molecule has 3 aliphatic rings. The van der Waals surface area contributed by atoms with E-state index < -0.39 is 0 Å². The molecule has 3 atom stereocenters. The molecule has 3 rings (SSSR count). The summed E-state index contributed by atoms with van der Waals surface area (Å²) < 4.78 is 0. The van der Waals surface area contributed by atoms with Crippen molar-refractivity contribution in [1.29, 1.82) is 0 Å². The highest BCUT2D eigenvalue weighted by molar-refractivity contribution is 5.00. The van der Waals surface area contributed by atoms with Crippen LogP contribution in [-0.4, -0.2) is 48.6 Å². The Bertz CT molecular complexity index is 324. The van der Waals surface area contributed by atoms with Crippen molar-refractivity contribution in [3.05, 3.63) is 0 Å². The largest absolute Gasteiger partial charge is 0.304 e. The minimum Gasteiger partial charge on any atom is -0.304 e. The summed E-state index contributed by atoms with van der Waals surface area (Å²) in [5.41, 5.74) is 0.485. The van der Waals surface area contributed by atoms with Crippen LogP contribution in [0.3, 0.4) is 0 Å². The quantitative estimate of drug-likeness (QED) is 0.722. The fraction of sp³-hybridized carbons (Fsp3) is 1.00. The van der Waals surface area contributed by atoms with Crippen LogP contribution in [0.1, 0.15) is 66.7 Å². The first kappa shape index (κ1) is 17.3. The molecule has 124 valence electrons. The van der Waals surface area contributed by atoms with E-state index in [1.54, 1.807) is 0 Å². The number of fused-ring (bicyclic) bond motifs is 4. The third-order valence-electron chi connectivity index (χ3n) is 5.90. The average Bonchev–Trinajstić information content (AvgIpc) is 2.58. The van der Waals surface area contributed by atoms with Gasteiger partial charge in [-0.05, 0) is 43.6 Å². The molecule has 3 saturated heterocycles. The van der Waals surface area contributed by atoms with Crippen LogP contribution in [-0.2, 0) is 0 Å². The molecular formula is C19H38N2. The van der Waals surface area contributed by atoms with Gasteiger partial charge in [0.05, 0.1) is 0 Å². The second kappa shape index (κ2) is 7.00. The lowest BCUT2D eigenvalue weighted by molar-refractivity contribution is -0.00975. The molecule has 0 amide bonds. The predicted molar refractivity (Wildman–Crippen MR) is 92.6 cm³/mol. The highest BCUT2D eigenvalue weighted by Crippen LogP contribution is 2.42. The third-order valence-corrected chi connectivity index (χ3v) is 5.90. The van der Waals surface area contributed by atoms with Crippen molar-refractivity contribution in [2.45, 2.75) is 78.8 Å². The second-order valence-electron chi connectivity index (χ2n) is 8.88. The number of likely N-dealkylation sites (N-methyl/N-ethyl adjacent to an activating group) is 1. The first-order valence-corrected chi connectivity index (χ1v) is 9.27. The monoisotopic (exact) mass is 294 g/mol. The Balaban J connectivity index is 2.06. The summed E-state index contributed by atoms with van der Waals surface area (Å²) in [7, 11) is 2.32. The minimum atomic E-state index is 0.485. The summed E-state index contributed by atoms with van der Waals surface area (Å²) in [5.74, 6) is 1.73. The van der Waals surface area contributed by atoms with Crippen LogP contribution < -0.4 is 0 Å². The highest BCUT2D eigenvalue weighted by Gasteiger charge is 2.46. The molecule has 0 aromatic heterocycles. The average molecular weight is 295 g/mol. The number of hydrogen-bond donors (Lipinski definition) is 0. The highest BCUT2D eigenvalue weighted by atomic mass is 15.3. The molecule has 0 radical (unpaired) electrons. The fourth-order valence-corrected chi connectivity index (χ4v) is 4.87. The molecule has 0 spiro atoms. The van der Waals surface area contributed by atoms with Crippen LogP contribution in [0.5, 0.6) is 0 Å². The van der Waals surface area contributed by atoms with E-state index in [0.29, 0.717) is 5.41 Å².